The molecule has 0 aliphatic carbocycles. The van der Waals surface area contributed by atoms with E-state index in [-0.39, 0.29) is 17.2 Å². The third-order valence-corrected chi connectivity index (χ3v) is 6.27. The first kappa shape index (κ1) is 19.0. The fourth-order valence-electron chi connectivity index (χ4n) is 2.99. The van der Waals surface area contributed by atoms with Crippen LogP contribution in [0, 0.1) is 6.92 Å². The second-order valence-electron chi connectivity index (χ2n) is 5.91. The van der Waals surface area contributed by atoms with Crippen LogP contribution in [0.4, 0.5) is 0 Å². The Morgan fingerprint density at radius 1 is 1.38 bits per heavy atom. The van der Waals surface area contributed by atoms with Gasteiger partial charge < -0.3 is 15.1 Å². The minimum atomic E-state index is -0.328. The molecule has 0 saturated heterocycles. The molecule has 1 aliphatic rings. The van der Waals surface area contributed by atoms with E-state index in [4.69, 9.17) is 4.74 Å². The van der Waals surface area contributed by atoms with E-state index in [1.165, 1.54) is 11.8 Å². The normalized spacial score (nSPS) is 18.8. The van der Waals surface area contributed by atoms with Gasteiger partial charge in [-0.25, -0.2) is 4.68 Å². The number of halogens is 1. The Morgan fingerprint density at radius 2 is 2.12 bits per heavy atom. The Hall–Kier alpha value is -1.74. The summed E-state index contributed by atoms with van der Waals surface area (Å²) in [7, 11) is 1.63. The van der Waals surface area contributed by atoms with Gasteiger partial charge in [-0.05, 0) is 54.4 Å². The molecule has 26 heavy (non-hydrogen) atoms. The topological polar surface area (TPSA) is 72.3 Å². The molecule has 2 unspecified atom stereocenters. The minimum Gasteiger partial charge on any atom is -0.496 e. The summed E-state index contributed by atoms with van der Waals surface area (Å²) in [6, 6.07) is 5.66. The summed E-state index contributed by atoms with van der Waals surface area (Å²) < 4.78 is 8.02. The van der Waals surface area contributed by atoms with Gasteiger partial charge in [0.05, 0.1) is 17.6 Å². The van der Waals surface area contributed by atoms with Crippen LogP contribution in [-0.2, 0) is 4.79 Å². The maximum absolute atomic E-state index is 13.1. The molecular weight excluding hydrogens is 418 g/mol. The van der Waals surface area contributed by atoms with E-state index in [1.807, 2.05) is 48.5 Å². The predicted octanol–water partition coefficient (Wildman–Crippen LogP) is 2.99. The van der Waals surface area contributed by atoms with Crippen molar-refractivity contribution in [3.05, 3.63) is 34.1 Å². The second-order valence-corrected chi connectivity index (χ2v) is 7.88. The summed E-state index contributed by atoms with van der Waals surface area (Å²) in [6.07, 6.45) is 0. The van der Waals surface area contributed by atoms with Gasteiger partial charge in [-0.15, -0.1) is 10.2 Å². The summed E-state index contributed by atoms with van der Waals surface area (Å²) in [6.45, 7) is 7.23. The van der Waals surface area contributed by atoms with Crippen LogP contribution in [0.25, 0.3) is 0 Å². The van der Waals surface area contributed by atoms with Crippen LogP contribution >= 0.6 is 27.7 Å². The first-order valence-corrected chi connectivity index (χ1v) is 10.1. The smallest absolute Gasteiger partial charge is 0.238 e. The van der Waals surface area contributed by atoms with Gasteiger partial charge >= 0.3 is 0 Å². The van der Waals surface area contributed by atoms with Gasteiger partial charge in [0.25, 0.3) is 0 Å². The zero-order valence-electron chi connectivity index (χ0n) is 15.2. The largest absolute Gasteiger partial charge is 0.496 e. The Bertz CT molecular complexity index is 808. The van der Waals surface area contributed by atoms with E-state index in [9.17, 15) is 4.79 Å². The number of carbonyl (C=O) groups is 1. The third kappa shape index (κ3) is 3.42. The van der Waals surface area contributed by atoms with Crippen molar-refractivity contribution in [1.82, 2.24) is 19.8 Å². The fourth-order valence-corrected chi connectivity index (χ4v) is 4.76. The molecule has 0 spiro atoms. The number of aryl methyl sites for hydroxylation is 1. The Labute approximate surface area is 165 Å². The van der Waals surface area contributed by atoms with Crippen LogP contribution in [0.15, 0.2) is 27.8 Å². The molecule has 1 aliphatic heterocycles. The van der Waals surface area contributed by atoms with Gasteiger partial charge in [-0.3, -0.25) is 4.79 Å². The van der Waals surface area contributed by atoms with Crippen molar-refractivity contribution in [2.45, 2.75) is 37.2 Å². The molecule has 0 saturated carbocycles. The average Bonchev–Trinajstić information content (AvgIpc) is 3.01. The highest BCUT2D eigenvalue weighted by Crippen LogP contribution is 2.39. The molecule has 0 fully saturated rings. The van der Waals surface area contributed by atoms with E-state index < -0.39 is 0 Å². The number of benzene rings is 1. The molecule has 2 aromatic rings. The molecular formula is C17H22BrN5O2S. The van der Waals surface area contributed by atoms with Gasteiger partial charge in [0.15, 0.2) is 0 Å². The molecule has 0 bridgehead atoms. The number of thioether (sulfide) groups is 1. The van der Waals surface area contributed by atoms with Crippen molar-refractivity contribution < 1.29 is 9.53 Å². The lowest BCUT2D eigenvalue weighted by Crippen LogP contribution is -2.46. The highest BCUT2D eigenvalue weighted by Gasteiger charge is 2.39. The van der Waals surface area contributed by atoms with Crippen molar-refractivity contribution in [3.8, 4) is 5.75 Å². The molecule has 1 aromatic carbocycles. The van der Waals surface area contributed by atoms with E-state index in [0.717, 1.165) is 21.6 Å². The van der Waals surface area contributed by atoms with E-state index in [0.29, 0.717) is 18.2 Å². The molecule has 2 heterocycles. The first-order valence-electron chi connectivity index (χ1n) is 8.47. The highest BCUT2D eigenvalue weighted by atomic mass is 79.9. The molecule has 140 valence electrons. The number of methoxy groups -OCH3 is 1. The summed E-state index contributed by atoms with van der Waals surface area (Å²) in [5.74, 6) is 1.61. The first-order chi connectivity index (χ1) is 12.5. The lowest BCUT2D eigenvalue weighted by molar-refractivity contribution is -0.130. The van der Waals surface area contributed by atoms with Gasteiger partial charge in [-0.2, -0.15) is 0 Å². The van der Waals surface area contributed by atoms with Gasteiger partial charge in [0.2, 0.25) is 11.1 Å². The van der Waals surface area contributed by atoms with Crippen molar-refractivity contribution in [2.75, 3.05) is 25.6 Å². The van der Waals surface area contributed by atoms with E-state index >= 15 is 0 Å². The Morgan fingerprint density at radius 3 is 2.73 bits per heavy atom. The molecule has 1 N–H and O–H groups in total. The number of rotatable bonds is 5. The summed E-state index contributed by atoms with van der Waals surface area (Å²) in [5, 5.41) is 8.69. The molecule has 3 rings (SSSR count). The van der Waals surface area contributed by atoms with Crippen LogP contribution < -0.4 is 10.2 Å². The number of hydrogen-bond donors (Lipinski definition) is 1. The van der Waals surface area contributed by atoms with Crippen LogP contribution in [-0.4, -0.2) is 51.1 Å². The van der Waals surface area contributed by atoms with Crippen molar-refractivity contribution in [1.29, 1.82) is 0 Å². The van der Waals surface area contributed by atoms with Crippen LogP contribution in [0.3, 0.4) is 0 Å². The quantitative estimate of drug-likeness (QED) is 0.771. The zero-order chi connectivity index (χ0) is 18.8. The number of nitrogens with one attached hydrogen (secondary N) is 1. The number of fused-ring (bicyclic) bond motifs is 1. The summed E-state index contributed by atoms with van der Waals surface area (Å²) in [5.41, 5.74) is 4.42. The average molecular weight is 440 g/mol. The second kappa shape index (κ2) is 7.87. The molecule has 7 nitrogen and oxygen atoms in total. The molecule has 1 amide bonds. The van der Waals surface area contributed by atoms with Crippen molar-refractivity contribution in [3.63, 3.8) is 0 Å². The number of ether oxygens (including phenoxy) is 1. The molecule has 0 radical (unpaired) electrons. The number of hydrogen-bond acceptors (Lipinski definition) is 6. The maximum atomic E-state index is 13.1. The SMILES string of the molecule is CCN(CC)C(=O)C1Sc2nnc(C)n2NC1c1ccc(OC)c(Br)c1. The predicted molar refractivity (Wildman–Crippen MR) is 105 cm³/mol. The van der Waals surface area contributed by atoms with Crippen LogP contribution in [0.2, 0.25) is 0 Å². The lowest BCUT2D eigenvalue weighted by Gasteiger charge is -2.35. The van der Waals surface area contributed by atoms with E-state index in [2.05, 4.69) is 31.6 Å². The Balaban J connectivity index is 2.02. The highest BCUT2D eigenvalue weighted by molar-refractivity contribution is 9.10. The Kier molecular flexibility index (Phi) is 5.76. The third-order valence-electron chi connectivity index (χ3n) is 4.45. The number of aromatic nitrogens is 3. The van der Waals surface area contributed by atoms with Crippen molar-refractivity contribution in [2.24, 2.45) is 0 Å². The number of nitrogens with zero attached hydrogens (tertiary/aromatic N) is 4. The maximum Gasteiger partial charge on any atom is 0.238 e. The van der Waals surface area contributed by atoms with Gasteiger partial charge in [0.1, 0.15) is 16.8 Å². The monoisotopic (exact) mass is 439 g/mol. The standard InChI is InChI=1S/C17H22BrN5O2S/c1-5-22(6-2)16(24)15-14(11-7-8-13(25-4)12(18)9-11)21-23-10(3)19-20-17(23)26-15/h7-9,14-15,21H,5-6H2,1-4H3. The van der Waals surface area contributed by atoms with Crippen molar-refractivity contribution >= 4 is 33.6 Å². The fraction of sp³-hybridized carbons (Fsp3) is 0.471. The minimum absolute atomic E-state index is 0.0938. The van der Waals surface area contributed by atoms with E-state index in [1.54, 1.807) is 7.11 Å². The van der Waals surface area contributed by atoms with Gasteiger partial charge in [0, 0.05) is 13.1 Å². The zero-order valence-corrected chi connectivity index (χ0v) is 17.6. The number of carbonyl (C=O) groups excluding carboxylic acids is 1. The summed E-state index contributed by atoms with van der Waals surface area (Å²) in [4.78, 5) is 15.0. The molecule has 2 atom stereocenters. The van der Waals surface area contributed by atoms with Gasteiger partial charge in [-0.1, -0.05) is 17.8 Å². The van der Waals surface area contributed by atoms with Crippen LogP contribution in [0.5, 0.6) is 5.75 Å². The lowest BCUT2D eigenvalue weighted by atomic mass is 10.0. The summed E-state index contributed by atoms with van der Waals surface area (Å²) >= 11 is 4.99. The van der Waals surface area contributed by atoms with Crippen LogP contribution in [0.1, 0.15) is 31.3 Å². The molecule has 9 heteroatoms. The number of amides is 1. The molecule has 1 aromatic heterocycles.